The van der Waals surface area contributed by atoms with Gasteiger partial charge in [0.25, 0.3) is 0 Å². The van der Waals surface area contributed by atoms with Crippen LogP contribution in [0.4, 0.5) is 5.95 Å². The standard InChI is InChI=1S/C11H16ClN3S/c1-7-3-2-4-8(5-7)16-10-9(12)6-14-11(13)15-10/h6-8H,2-5H2,1H3,(H2,13,14,15). The van der Waals surface area contributed by atoms with Crippen molar-refractivity contribution < 1.29 is 0 Å². The third kappa shape index (κ3) is 3.01. The van der Waals surface area contributed by atoms with Gasteiger partial charge in [0.15, 0.2) is 0 Å². The highest BCUT2D eigenvalue weighted by atomic mass is 35.5. The van der Waals surface area contributed by atoms with Crippen molar-refractivity contribution in [1.29, 1.82) is 0 Å². The van der Waals surface area contributed by atoms with Crippen molar-refractivity contribution in [3.05, 3.63) is 11.2 Å². The van der Waals surface area contributed by atoms with E-state index in [1.165, 1.54) is 25.7 Å². The molecule has 1 saturated carbocycles. The predicted molar refractivity (Wildman–Crippen MR) is 68.7 cm³/mol. The van der Waals surface area contributed by atoms with Gasteiger partial charge in [-0.15, -0.1) is 11.8 Å². The number of nitrogens with zero attached hydrogens (tertiary/aromatic N) is 2. The van der Waals surface area contributed by atoms with Gasteiger partial charge < -0.3 is 5.73 Å². The van der Waals surface area contributed by atoms with Crippen LogP contribution >= 0.6 is 23.4 Å². The average Bonchev–Trinajstić information content (AvgIpc) is 2.24. The molecule has 88 valence electrons. The Morgan fingerprint density at radius 1 is 1.50 bits per heavy atom. The smallest absolute Gasteiger partial charge is 0.221 e. The molecule has 16 heavy (non-hydrogen) atoms. The Bertz CT molecular complexity index is 372. The second-order valence-electron chi connectivity index (χ2n) is 4.39. The number of anilines is 1. The highest BCUT2D eigenvalue weighted by molar-refractivity contribution is 8.00. The second-order valence-corrected chi connectivity index (χ2v) is 6.09. The Morgan fingerprint density at radius 2 is 2.31 bits per heavy atom. The minimum absolute atomic E-state index is 0.302. The van der Waals surface area contributed by atoms with E-state index in [9.17, 15) is 0 Å². The van der Waals surface area contributed by atoms with Gasteiger partial charge in [0.1, 0.15) is 5.03 Å². The van der Waals surface area contributed by atoms with Crippen LogP contribution in [0.3, 0.4) is 0 Å². The molecular formula is C11H16ClN3S. The van der Waals surface area contributed by atoms with E-state index in [0.717, 1.165) is 10.9 Å². The zero-order chi connectivity index (χ0) is 11.5. The molecule has 0 aliphatic heterocycles. The average molecular weight is 258 g/mol. The molecule has 1 heterocycles. The van der Waals surface area contributed by atoms with Crippen LogP contribution in [-0.2, 0) is 0 Å². The normalized spacial score (nSPS) is 25.6. The minimum Gasteiger partial charge on any atom is -0.368 e. The van der Waals surface area contributed by atoms with Crippen molar-refractivity contribution in [2.24, 2.45) is 5.92 Å². The van der Waals surface area contributed by atoms with E-state index in [1.54, 1.807) is 18.0 Å². The number of halogens is 1. The van der Waals surface area contributed by atoms with Crippen LogP contribution in [0.2, 0.25) is 5.02 Å². The van der Waals surface area contributed by atoms with Gasteiger partial charge in [0, 0.05) is 5.25 Å². The van der Waals surface area contributed by atoms with Crippen molar-refractivity contribution in [3.63, 3.8) is 0 Å². The van der Waals surface area contributed by atoms with Gasteiger partial charge >= 0.3 is 0 Å². The van der Waals surface area contributed by atoms with E-state index < -0.39 is 0 Å². The monoisotopic (exact) mass is 257 g/mol. The molecule has 1 aliphatic rings. The summed E-state index contributed by atoms with van der Waals surface area (Å²) in [5.41, 5.74) is 5.57. The molecule has 2 rings (SSSR count). The second kappa shape index (κ2) is 5.23. The summed E-state index contributed by atoms with van der Waals surface area (Å²) < 4.78 is 0. The molecule has 1 aromatic heterocycles. The molecule has 2 atom stereocenters. The first-order chi connectivity index (χ1) is 7.65. The minimum atomic E-state index is 0.302. The molecule has 5 heteroatoms. The number of hydrogen-bond acceptors (Lipinski definition) is 4. The Kier molecular flexibility index (Phi) is 3.92. The van der Waals surface area contributed by atoms with Gasteiger partial charge in [-0.05, 0) is 18.8 Å². The zero-order valence-electron chi connectivity index (χ0n) is 9.32. The molecule has 0 spiro atoms. The predicted octanol–water partition coefficient (Wildman–Crippen LogP) is 3.38. The Labute approximate surface area is 105 Å². The third-order valence-electron chi connectivity index (χ3n) is 2.90. The fraction of sp³-hybridized carbons (Fsp3) is 0.636. The quantitative estimate of drug-likeness (QED) is 0.826. The topological polar surface area (TPSA) is 51.8 Å². The molecule has 2 unspecified atom stereocenters. The summed E-state index contributed by atoms with van der Waals surface area (Å²) in [5.74, 6) is 1.11. The highest BCUT2D eigenvalue weighted by Crippen LogP contribution is 2.37. The first kappa shape index (κ1) is 12.0. The number of rotatable bonds is 2. The first-order valence-electron chi connectivity index (χ1n) is 5.60. The van der Waals surface area contributed by atoms with E-state index in [2.05, 4.69) is 16.9 Å². The molecule has 0 aromatic carbocycles. The maximum atomic E-state index is 6.05. The van der Waals surface area contributed by atoms with Crippen molar-refractivity contribution >= 4 is 29.3 Å². The Hall–Kier alpha value is -0.480. The molecule has 2 N–H and O–H groups in total. The zero-order valence-corrected chi connectivity index (χ0v) is 10.9. The SMILES string of the molecule is CC1CCCC(Sc2nc(N)ncc2Cl)C1. The largest absolute Gasteiger partial charge is 0.368 e. The van der Waals surface area contributed by atoms with Gasteiger partial charge in [0.05, 0.1) is 11.2 Å². The molecule has 0 amide bonds. The van der Waals surface area contributed by atoms with Crippen molar-refractivity contribution in [2.75, 3.05) is 5.73 Å². The maximum absolute atomic E-state index is 6.05. The van der Waals surface area contributed by atoms with Gasteiger partial charge in [0.2, 0.25) is 5.95 Å². The van der Waals surface area contributed by atoms with E-state index in [1.807, 2.05) is 0 Å². The fourth-order valence-corrected chi connectivity index (χ4v) is 3.65. The molecule has 1 fully saturated rings. The summed E-state index contributed by atoms with van der Waals surface area (Å²) in [6.45, 7) is 2.31. The van der Waals surface area contributed by atoms with E-state index in [4.69, 9.17) is 17.3 Å². The van der Waals surface area contributed by atoms with Gasteiger partial charge in [-0.2, -0.15) is 0 Å². The number of hydrogen-bond donors (Lipinski definition) is 1. The Morgan fingerprint density at radius 3 is 3.06 bits per heavy atom. The molecule has 0 saturated heterocycles. The summed E-state index contributed by atoms with van der Waals surface area (Å²) in [7, 11) is 0. The lowest BCUT2D eigenvalue weighted by atomic mass is 9.91. The Balaban J connectivity index is 2.05. The van der Waals surface area contributed by atoms with Crippen LogP contribution in [-0.4, -0.2) is 15.2 Å². The fourth-order valence-electron chi connectivity index (χ4n) is 2.09. The lowest BCUT2D eigenvalue weighted by Gasteiger charge is -2.25. The van der Waals surface area contributed by atoms with Crippen molar-refractivity contribution in [1.82, 2.24) is 9.97 Å². The summed E-state index contributed by atoms with van der Waals surface area (Å²) >= 11 is 7.80. The first-order valence-corrected chi connectivity index (χ1v) is 6.85. The van der Waals surface area contributed by atoms with Crippen molar-refractivity contribution in [2.45, 2.75) is 42.9 Å². The van der Waals surface area contributed by atoms with Crippen molar-refractivity contribution in [3.8, 4) is 0 Å². The van der Waals surface area contributed by atoms with E-state index in [-0.39, 0.29) is 0 Å². The summed E-state index contributed by atoms with van der Waals surface area (Å²) in [6, 6.07) is 0. The maximum Gasteiger partial charge on any atom is 0.221 e. The van der Waals surface area contributed by atoms with Crippen LogP contribution in [0.15, 0.2) is 11.2 Å². The molecule has 0 radical (unpaired) electrons. The molecular weight excluding hydrogens is 242 g/mol. The molecule has 0 bridgehead atoms. The molecule has 3 nitrogen and oxygen atoms in total. The third-order valence-corrected chi connectivity index (χ3v) is 4.58. The van der Waals surface area contributed by atoms with Gasteiger partial charge in [-0.3, -0.25) is 0 Å². The lowest BCUT2D eigenvalue weighted by Crippen LogP contribution is -2.15. The number of thioether (sulfide) groups is 1. The van der Waals surface area contributed by atoms with Crippen LogP contribution in [0.5, 0.6) is 0 Å². The van der Waals surface area contributed by atoms with Crippen LogP contribution in [0.1, 0.15) is 32.6 Å². The summed E-state index contributed by atoms with van der Waals surface area (Å²) in [4.78, 5) is 8.06. The number of aromatic nitrogens is 2. The summed E-state index contributed by atoms with van der Waals surface area (Å²) in [5, 5.41) is 2.06. The number of nitrogens with two attached hydrogens (primary N) is 1. The van der Waals surface area contributed by atoms with Gasteiger partial charge in [-0.25, -0.2) is 9.97 Å². The lowest BCUT2D eigenvalue weighted by molar-refractivity contribution is 0.394. The number of nitrogen functional groups attached to an aromatic ring is 1. The van der Waals surface area contributed by atoms with E-state index in [0.29, 0.717) is 16.2 Å². The van der Waals surface area contributed by atoms with Crippen LogP contribution in [0, 0.1) is 5.92 Å². The van der Waals surface area contributed by atoms with Crippen LogP contribution < -0.4 is 5.73 Å². The molecule has 1 aromatic rings. The van der Waals surface area contributed by atoms with Crippen LogP contribution in [0.25, 0.3) is 0 Å². The van der Waals surface area contributed by atoms with E-state index >= 15 is 0 Å². The highest BCUT2D eigenvalue weighted by Gasteiger charge is 2.21. The van der Waals surface area contributed by atoms with Gasteiger partial charge in [-0.1, -0.05) is 31.4 Å². The molecule has 1 aliphatic carbocycles. The summed E-state index contributed by atoms with van der Waals surface area (Å²) in [6.07, 6.45) is 6.71.